The van der Waals surface area contributed by atoms with Crippen molar-refractivity contribution >= 4 is 5.91 Å². The number of carbonyl (C=O) groups excluding carboxylic acids is 1. The van der Waals surface area contributed by atoms with Crippen LogP contribution in [-0.2, 0) is 4.79 Å². The van der Waals surface area contributed by atoms with Crippen molar-refractivity contribution in [3.05, 3.63) is 12.7 Å². The third kappa shape index (κ3) is 3.67. The summed E-state index contributed by atoms with van der Waals surface area (Å²) in [6.07, 6.45) is 2.51. The maximum Gasteiger partial charge on any atom is 0.243 e. The number of amides is 1. The lowest BCUT2D eigenvalue weighted by molar-refractivity contribution is -0.116. The molecule has 1 heterocycles. The zero-order valence-electron chi connectivity index (χ0n) is 10.0. The van der Waals surface area contributed by atoms with E-state index < -0.39 is 0 Å². The fourth-order valence-electron chi connectivity index (χ4n) is 1.93. The molecule has 0 aromatic carbocycles. The summed E-state index contributed by atoms with van der Waals surface area (Å²) in [4.78, 5) is 13.5. The van der Waals surface area contributed by atoms with Gasteiger partial charge in [-0.15, -0.1) is 0 Å². The van der Waals surface area contributed by atoms with Crippen molar-refractivity contribution in [1.29, 1.82) is 0 Å². The molecule has 1 fully saturated rings. The zero-order chi connectivity index (χ0) is 11.5. The number of nitrogens with one attached hydrogen (secondary N) is 1. The molecule has 1 aliphatic heterocycles. The van der Waals surface area contributed by atoms with E-state index in [1.807, 2.05) is 0 Å². The largest absolute Gasteiger partial charge is 0.352 e. The molecule has 0 saturated carbocycles. The Balaban J connectivity index is 2.31. The topological polar surface area (TPSA) is 32.3 Å². The molecule has 1 aliphatic rings. The van der Waals surface area contributed by atoms with Crippen molar-refractivity contribution in [2.45, 2.75) is 32.7 Å². The third-order valence-corrected chi connectivity index (χ3v) is 2.98. The molecule has 3 heteroatoms. The Morgan fingerprint density at radius 2 is 2.27 bits per heavy atom. The van der Waals surface area contributed by atoms with Gasteiger partial charge in [-0.3, -0.25) is 9.69 Å². The molecule has 1 atom stereocenters. The molecule has 0 aliphatic carbocycles. The van der Waals surface area contributed by atoms with Crippen LogP contribution < -0.4 is 5.32 Å². The normalized spacial score (nSPS) is 22.7. The third-order valence-electron chi connectivity index (χ3n) is 2.98. The van der Waals surface area contributed by atoms with Crippen LogP contribution in [-0.4, -0.2) is 36.0 Å². The highest BCUT2D eigenvalue weighted by atomic mass is 16.1. The summed E-state index contributed by atoms with van der Waals surface area (Å²) in [6.45, 7) is 13.1. The molecule has 0 aromatic rings. The number of nitrogens with zero attached hydrogens (tertiary/aromatic N) is 1. The van der Waals surface area contributed by atoms with E-state index in [0.717, 1.165) is 19.6 Å². The Labute approximate surface area is 92.5 Å². The van der Waals surface area contributed by atoms with E-state index in [1.54, 1.807) is 0 Å². The van der Waals surface area contributed by atoms with Gasteiger partial charge in [0.05, 0.1) is 0 Å². The second kappa shape index (κ2) is 4.79. The number of hydrogen-bond acceptors (Lipinski definition) is 2. The van der Waals surface area contributed by atoms with Gasteiger partial charge in [0.15, 0.2) is 0 Å². The van der Waals surface area contributed by atoms with Crippen LogP contribution in [0, 0.1) is 5.92 Å². The highest BCUT2D eigenvalue weighted by molar-refractivity contribution is 5.86. The first-order valence-corrected chi connectivity index (χ1v) is 5.59. The first-order valence-electron chi connectivity index (χ1n) is 5.59. The molecule has 1 unspecified atom stereocenters. The van der Waals surface area contributed by atoms with Crippen LogP contribution in [0.3, 0.4) is 0 Å². The molecule has 86 valence electrons. The molecule has 1 N–H and O–H groups in total. The van der Waals surface area contributed by atoms with E-state index in [9.17, 15) is 4.79 Å². The molecule has 0 bridgehead atoms. The average molecular weight is 210 g/mol. The Kier molecular flexibility index (Phi) is 3.91. The van der Waals surface area contributed by atoms with Crippen LogP contribution in [0.5, 0.6) is 0 Å². The summed E-state index contributed by atoms with van der Waals surface area (Å²) < 4.78 is 0. The van der Waals surface area contributed by atoms with Crippen LogP contribution in [0.1, 0.15) is 27.2 Å². The molecule has 0 aromatic heterocycles. The summed E-state index contributed by atoms with van der Waals surface area (Å²) in [7, 11) is 0. The van der Waals surface area contributed by atoms with Gasteiger partial charge in [-0.2, -0.15) is 0 Å². The van der Waals surface area contributed by atoms with Crippen LogP contribution in [0.25, 0.3) is 0 Å². The summed E-state index contributed by atoms with van der Waals surface area (Å²) in [5.41, 5.74) is 0.247. The lowest BCUT2D eigenvalue weighted by Crippen LogP contribution is -2.40. The lowest BCUT2D eigenvalue weighted by atomic mass is 10.1. The molecule has 15 heavy (non-hydrogen) atoms. The number of carbonyl (C=O) groups is 1. The number of hydrogen-bond donors (Lipinski definition) is 1. The Bertz CT molecular complexity index is 242. The monoisotopic (exact) mass is 210 g/mol. The fraction of sp³-hybridized carbons (Fsp3) is 0.750. The molecule has 0 radical (unpaired) electrons. The second-order valence-corrected chi connectivity index (χ2v) is 5.22. The van der Waals surface area contributed by atoms with Crippen molar-refractivity contribution in [2.24, 2.45) is 5.92 Å². The minimum atomic E-state index is -0.0655. The molecule has 1 rings (SSSR count). The molecule has 3 nitrogen and oxygen atoms in total. The SMILES string of the molecule is C=CC(=O)NCC1CCN(C(C)(C)C)C1. The van der Waals surface area contributed by atoms with Gasteiger partial charge in [0, 0.05) is 18.6 Å². The van der Waals surface area contributed by atoms with Gasteiger partial charge in [0.25, 0.3) is 0 Å². The van der Waals surface area contributed by atoms with Crippen molar-refractivity contribution in [3.8, 4) is 0 Å². The second-order valence-electron chi connectivity index (χ2n) is 5.22. The van der Waals surface area contributed by atoms with E-state index in [-0.39, 0.29) is 11.4 Å². The van der Waals surface area contributed by atoms with Crippen molar-refractivity contribution in [2.75, 3.05) is 19.6 Å². The molecule has 1 amide bonds. The van der Waals surface area contributed by atoms with Gasteiger partial charge in [0.2, 0.25) is 5.91 Å². The van der Waals surface area contributed by atoms with E-state index >= 15 is 0 Å². The Hall–Kier alpha value is -0.830. The minimum absolute atomic E-state index is 0.0655. The number of likely N-dealkylation sites (tertiary alicyclic amines) is 1. The lowest BCUT2D eigenvalue weighted by Gasteiger charge is -2.31. The van der Waals surface area contributed by atoms with Gasteiger partial charge in [-0.25, -0.2) is 0 Å². The highest BCUT2D eigenvalue weighted by Gasteiger charge is 2.29. The van der Waals surface area contributed by atoms with Crippen molar-refractivity contribution < 1.29 is 4.79 Å². The van der Waals surface area contributed by atoms with Gasteiger partial charge in [0.1, 0.15) is 0 Å². The van der Waals surface area contributed by atoms with Gasteiger partial charge < -0.3 is 5.32 Å². The van der Waals surface area contributed by atoms with E-state index in [0.29, 0.717) is 5.92 Å². The quantitative estimate of drug-likeness (QED) is 0.714. The van der Waals surface area contributed by atoms with E-state index in [2.05, 4.69) is 37.6 Å². The summed E-state index contributed by atoms with van der Waals surface area (Å²) >= 11 is 0. The Morgan fingerprint density at radius 1 is 1.60 bits per heavy atom. The molecular weight excluding hydrogens is 188 g/mol. The standard InChI is InChI=1S/C12H22N2O/c1-5-11(15)13-8-10-6-7-14(9-10)12(2,3)4/h5,10H,1,6-9H2,2-4H3,(H,13,15). The van der Waals surface area contributed by atoms with E-state index in [1.165, 1.54) is 12.5 Å². The molecule has 1 saturated heterocycles. The molecular formula is C12H22N2O. The van der Waals surface area contributed by atoms with E-state index in [4.69, 9.17) is 0 Å². The zero-order valence-corrected chi connectivity index (χ0v) is 10.0. The van der Waals surface area contributed by atoms with Crippen LogP contribution in [0.4, 0.5) is 0 Å². The summed E-state index contributed by atoms with van der Waals surface area (Å²) in [5.74, 6) is 0.525. The highest BCUT2D eigenvalue weighted by Crippen LogP contribution is 2.23. The fourth-order valence-corrected chi connectivity index (χ4v) is 1.93. The van der Waals surface area contributed by atoms with Gasteiger partial charge in [-0.05, 0) is 45.7 Å². The van der Waals surface area contributed by atoms with Crippen molar-refractivity contribution in [3.63, 3.8) is 0 Å². The first kappa shape index (κ1) is 12.2. The van der Waals surface area contributed by atoms with Gasteiger partial charge >= 0.3 is 0 Å². The smallest absolute Gasteiger partial charge is 0.243 e. The summed E-state index contributed by atoms with van der Waals surface area (Å²) in [5, 5.41) is 2.86. The average Bonchev–Trinajstić information content (AvgIpc) is 2.61. The summed E-state index contributed by atoms with van der Waals surface area (Å²) in [6, 6.07) is 0. The Morgan fingerprint density at radius 3 is 2.73 bits per heavy atom. The van der Waals surface area contributed by atoms with Gasteiger partial charge in [-0.1, -0.05) is 6.58 Å². The van der Waals surface area contributed by atoms with Crippen molar-refractivity contribution in [1.82, 2.24) is 10.2 Å². The van der Waals surface area contributed by atoms with Crippen LogP contribution >= 0.6 is 0 Å². The van der Waals surface area contributed by atoms with Crippen LogP contribution in [0.15, 0.2) is 12.7 Å². The predicted molar refractivity (Wildman–Crippen MR) is 62.6 cm³/mol. The maximum absolute atomic E-state index is 11.0. The molecule has 0 spiro atoms. The number of rotatable bonds is 3. The van der Waals surface area contributed by atoms with Crippen LogP contribution in [0.2, 0.25) is 0 Å². The maximum atomic E-state index is 11.0. The first-order chi connectivity index (χ1) is 6.93. The predicted octanol–water partition coefficient (Wildman–Crippen LogP) is 1.41. The minimum Gasteiger partial charge on any atom is -0.352 e.